The van der Waals surface area contributed by atoms with Crippen LogP contribution in [-0.4, -0.2) is 33.6 Å². The van der Waals surface area contributed by atoms with Gasteiger partial charge in [0.1, 0.15) is 0 Å². The van der Waals surface area contributed by atoms with Gasteiger partial charge in [0.25, 0.3) is 5.97 Å². The van der Waals surface area contributed by atoms with Crippen molar-refractivity contribution >= 4 is 33.7 Å². The Hall–Kier alpha value is -2.36. The molecule has 0 spiro atoms. The number of nitrogens with zero attached hydrogens (tertiary/aromatic N) is 2. The molecule has 0 aliphatic rings. The van der Waals surface area contributed by atoms with Crippen LogP contribution < -0.4 is 0 Å². The Morgan fingerprint density at radius 2 is 1.37 bits per heavy atom. The van der Waals surface area contributed by atoms with Crippen molar-refractivity contribution in [2.24, 2.45) is 5.92 Å². The summed E-state index contributed by atoms with van der Waals surface area (Å²) in [5, 5.41) is 9.69. The quantitative estimate of drug-likeness (QED) is 0.351. The average Bonchev–Trinajstić information content (AvgIpc) is 2.60. The number of pyridine rings is 2. The zero-order chi connectivity index (χ0) is 19.5. The summed E-state index contributed by atoms with van der Waals surface area (Å²) in [6.45, 7) is 7.05. The molecule has 2 heterocycles. The van der Waals surface area contributed by atoms with E-state index in [1.54, 1.807) is 12.4 Å². The second-order valence-corrected chi connectivity index (χ2v) is 5.93. The predicted octanol–water partition coefficient (Wildman–Crippen LogP) is 4.08. The van der Waals surface area contributed by atoms with Crippen molar-refractivity contribution in [1.29, 1.82) is 0 Å². The number of esters is 1. The van der Waals surface area contributed by atoms with Crippen LogP contribution in [0.25, 0.3) is 21.8 Å². The maximum Gasteiger partial charge on any atom is 2.00 e. The molecule has 0 radical (unpaired) electrons. The Kier molecular flexibility index (Phi) is 11.8. The van der Waals surface area contributed by atoms with E-state index in [1.165, 1.54) is 6.92 Å². The van der Waals surface area contributed by atoms with Crippen molar-refractivity contribution in [1.82, 2.24) is 9.97 Å². The zero-order valence-corrected chi connectivity index (χ0v) is 17.3. The molecule has 7 heteroatoms. The standard InChI is InChI=1S/C12H8N2.C6H12O2.C2H4O2.Pd/c1-3-9-5-6-10-4-2-8-14-12(10)11(9)13-7-1;1-5(2)4-8-6(3)7;1-2(3)4;/h1-8H;5H,4H2,1-3H3;1H3,(H,3,4);/q;;;+2. The predicted molar refractivity (Wildman–Crippen MR) is 102 cm³/mol. The van der Waals surface area contributed by atoms with Crippen LogP contribution in [-0.2, 0) is 34.7 Å². The molecule has 0 amide bonds. The fourth-order valence-corrected chi connectivity index (χ4v) is 1.96. The summed E-state index contributed by atoms with van der Waals surface area (Å²) in [4.78, 5) is 27.8. The van der Waals surface area contributed by atoms with E-state index in [0.29, 0.717) is 12.5 Å². The summed E-state index contributed by atoms with van der Waals surface area (Å²) >= 11 is 0. The molecular weight excluding hydrogens is 439 g/mol. The van der Waals surface area contributed by atoms with Gasteiger partial charge in [-0.1, -0.05) is 38.1 Å². The van der Waals surface area contributed by atoms with E-state index in [1.807, 2.05) is 26.0 Å². The Bertz CT molecular complexity index is 810. The van der Waals surface area contributed by atoms with Crippen LogP contribution >= 0.6 is 0 Å². The van der Waals surface area contributed by atoms with Crippen molar-refractivity contribution in [3.8, 4) is 0 Å². The Labute approximate surface area is 172 Å². The number of fused-ring (bicyclic) bond motifs is 3. The molecule has 0 saturated heterocycles. The monoisotopic (exact) mass is 462 g/mol. The van der Waals surface area contributed by atoms with E-state index < -0.39 is 5.97 Å². The van der Waals surface area contributed by atoms with Gasteiger partial charge in [-0.25, -0.2) is 0 Å². The number of aliphatic carboxylic acids is 1. The second-order valence-electron chi connectivity index (χ2n) is 5.93. The van der Waals surface area contributed by atoms with E-state index in [4.69, 9.17) is 9.90 Å². The molecule has 146 valence electrons. The van der Waals surface area contributed by atoms with Crippen LogP contribution in [0.1, 0.15) is 27.7 Å². The first-order valence-electron chi connectivity index (χ1n) is 8.22. The largest absolute Gasteiger partial charge is 2.00 e. The normalized spacial score (nSPS) is 9.37. The summed E-state index contributed by atoms with van der Waals surface area (Å²) in [5.41, 5.74) is 1.95. The topological polar surface area (TPSA) is 89.4 Å². The van der Waals surface area contributed by atoms with Crippen molar-refractivity contribution in [3.63, 3.8) is 0 Å². The second kappa shape index (κ2) is 12.9. The van der Waals surface area contributed by atoms with Gasteiger partial charge in [0.05, 0.1) is 17.6 Å². The summed E-state index contributed by atoms with van der Waals surface area (Å²) in [6, 6.07) is 12.1. The van der Waals surface area contributed by atoms with E-state index in [2.05, 4.69) is 39.0 Å². The first kappa shape index (κ1) is 24.6. The van der Waals surface area contributed by atoms with Gasteiger partial charge in [-0.2, -0.15) is 0 Å². The minimum Gasteiger partial charge on any atom is -0.481 e. The number of carbonyl (C=O) groups excluding carboxylic acids is 1. The van der Waals surface area contributed by atoms with Crippen molar-refractivity contribution in [3.05, 3.63) is 48.8 Å². The molecule has 2 aromatic heterocycles. The fraction of sp³-hybridized carbons (Fsp3) is 0.300. The Morgan fingerprint density at radius 3 is 1.67 bits per heavy atom. The maximum absolute atomic E-state index is 10.1. The fourth-order valence-electron chi connectivity index (χ4n) is 1.96. The summed E-state index contributed by atoms with van der Waals surface area (Å²) < 4.78 is 4.66. The third-order valence-corrected chi connectivity index (χ3v) is 2.96. The molecule has 1 N–H and O–H groups in total. The van der Waals surface area contributed by atoms with E-state index in [-0.39, 0.29) is 26.4 Å². The smallest absolute Gasteiger partial charge is 0.481 e. The number of carbonyl (C=O) groups is 2. The molecule has 27 heavy (non-hydrogen) atoms. The molecule has 0 fully saturated rings. The van der Waals surface area contributed by atoms with Crippen molar-refractivity contribution in [2.75, 3.05) is 6.61 Å². The van der Waals surface area contributed by atoms with E-state index in [0.717, 1.165) is 28.7 Å². The molecule has 0 aliphatic heterocycles. The number of hydrogen-bond donors (Lipinski definition) is 1. The van der Waals surface area contributed by atoms with Gasteiger partial charge in [0.15, 0.2) is 0 Å². The Morgan fingerprint density at radius 1 is 0.963 bits per heavy atom. The van der Waals surface area contributed by atoms with Crippen LogP contribution in [0.15, 0.2) is 48.8 Å². The van der Waals surface area contributed by atoms with Gasteiger partial charge in [-0.3, -0.25) is 19.6 Å². The summed E-state index contributed by atoms with van der Waals surface area (Å²) in [5.74, 6) is -0.586. The zero-order valence-electron chi connectivity index (χ0n) is 15.8. The van der Waals surface area contributed by atoms with E-state index >= 15 is 0 Å². The number of ether oxygens (including phenoxy) is 1. The van der Waals surface area contributed by atoms with Crippen LogP contribution in [0.3, 0.4) is 0 Å². The van der Waals surface area contributed by atoms with Gasteiger partial charge in [0, 0.05) is 37.0 Å². The minimum absolute atomic E-state index is 0. The van der Waals surface area contributed by atoms with Gasteiger partial charge in [0.2, 0.25) is 0 Å². The molecule has 0 unspecified atom stereocenters. The molecule has 3 rings (SSSR count). The average molecular weight is 463 g/mol. The van der Waals surface area contributed by atoms with Gasteiger partial charge in [-0.05, 0) is 18.1 Å². The minimum atomic E-state index is -0.833. The van der Waals surface area contributed by atoms with Crippen molar-refractivity contribution in [2.45, 2.75) is 27.7 Å². The maximum atomic E-state index is 10.1. The van der Waals surface area contributed by atoms with Crippen LogP contribution in [0.4, 0.5) is 0 Å². The molecule has 0 atom stereocenters. The third-order valence-electron chi connectivity index (χ3n) is 2.96. The number of rotatable bonds is 2. The van der Waals surface area contributed by atoms with Gasteiger partial charge in [-0.15, -0.1) is 0 Å². The van der Waals surface area contributed by atoms with Gasteiger partial charge >= 0.3 is 26.4 Å². The number of hydrogen-bond acceptors (Lipinski definition) is 5. The molecule has 3 aromatic rings. The summed E-state index contributed by atoms with van der Waals surface area (Å²) in [7, 11) is 0. The first-order valence-corrected chi connectivity index (χ1v) is 8.22. The van der Waals surface area contributed by atoms with Crippen LogP contribution in [0, 0.1) is 5.92 Å². The number of benzene rings is 1. The molecule has 0 bridgehead atoms. The SMILES string of the molecule is CC(=O)O.CC(=O)OCC(C)C.[Pd+2].c1cnc2c(c1)ccc1cccnc12. The molecule has 0 saturated carbocycles. The van der Waals surface area contributed by atoms with Crippen molar-refractivity contribution < 1.29 is 39.9 Å². The van der Waals surface area contributed by atoms with Gasteiger partial charge < -0.3 is 9.84 Å². The van der Waals surface area contributed by atoms with E-state index in [9.17, 15) is 4.79 Å². The van der Waals surface area contributed by atoms with Crippen LogP contribution in [0.5, 0.6) is 0 Å². The summed E-state index contributed by atoms with van der Waals surface area (Å²) in [6.07, 6.45) is 3.60. The molecule has 6 nitrogen and oxygen atoms in total. The number of carboxylic acids is 1. The molecule has 0 aliphatic carbocycles. The van der Waals surface area contributed by atoms with Crippen LogP contribution in [0.2, 0.25) is 0 Å². The molecule has 1 aromatic carbocycles. The Balaban J connectivity index is 0.000000450. The number of aromatic nitrogens is 2. The number of carboxylic acid groups (broad SMARTS) is 1. The third kappa shape index (κ3) is 9.78. The first-order chi connectivity index (χ1) is 12.3. The molecular formula is C20H24N2O4Pd+2.